The van der Waals surface area contributed by atoms with Crippen molar-refractivity contribution < 1.29 is 21.5 Å². The van der Waals surface area contributed by atoms with Crippen molar-refractivity contribution in [3.05, 3.63) is 65.9 Å². The summed E-state index contributed by atoms with van der Waals surface area (Å²) in [5.74, 6) is 1.22. The molecule has 0 N–H and O–H groups in total. The van der Waals surface area contributed by atoms with Gasteiger partial charge in [0.1, 0.15) is 5.69 Å². The van der Waals surface area contributed by atoms with Crippen LogP contribution >= 0.6 is 11.8 Å². The normalized spacial score (nSPS) is 15.0. The third-order valence-electron chi connectivity index (χ3n) is 4.91. The maximum atomic E-state index is 2.56. The van der Waals surface area contributed by atoms with Gasteiger partial charge in [-0.2, -0.15) is 4.57 Å². The van der Waals surface area contributed by atoms with Crippen LogP contribution in [0.25, 0.3) is 16.9 Å². The Bertz CT molecular complexity index is 863. The zero-order valence-electron chi connectivity index (χ0n) is 13.4. The first-order valence-corrected chi connectivity index (χ1v) is 9.36. The number of thioether (sulfide) groups is 1. The van der Waals surface area contributed by atoms with E-state index in [0.29, 0.717) is 0 Å². The monoisotopic (exact) mass is 398 g/mol. The molecule has 2 nitrogen and oxygen atoms in total. The Balaban J connectivity index is 0.00000146. The highest BCUT2D eigenvalue weighted by Gasteiger charge is 2.37. The number of para-hydroxylation sites is 1. The maximum Gasteiger partial charge on any atom is 0.323 e. The molecule has 1 aliphatic heterocycles. The molecule has 0 bridgehead atoms. The van der Waals surface area contributed by atoms with Crippen molar-refractivity contribution in [1.29, 1.82) is 0 Å². The van der Waals surface area contributed by atoms with Gasteiger partial charge in [-0.3, -0.25) is 0 Å². The van der Waals surface area contributed by atoms with Crippen molar-refractivity contribution in [2.75, 3.05) is 5.75 Å². The van der Waals surface area contributed by atoms with E-state index in [1.807, 2.05) is 11.8 Å². The van der Waals surface area contributed by atoms with Gasteiger partial charge in [0.25, 0.3) is 0 Å². The fourth-order valence-corrected chi connectivity index (χ4v) is 5.07. The molecule has 122 valence electrons. The van der Waals surface area contributed by atoms with Gasteiger partial charge in [0, 0.05) is 17.7 Å². The van der Waals surface area contributed by atoms with Crippen LogP contribution in [0.3, 0.4) is 0 Å². The number of aromatic nitrogens is 2. The first-order chi connectivity index (χ1) is 11.4. The predicted molar refractivity (Wildman–Crippen MR) is 94.1 cm³/mol. The fourth-order valence-electron chi connectivity index (χ4n) is 3.93. The van der Waals surface area contributed by atoms with Crippen LogP contribution in [-0.4, -0.2) is 10.3 Å². The number of hydrogen-bond donors (Lipinski definition) is 0. The van der Waals surface area contributed by atoms with E-state index >= 15 is 0 Å². The summed E-state index contributed by atoms with van der Waals surface area (Å²) in [4.78, 5) is 0. The molecule has 2 aliphatic rings. The zero-order valence-corrected chi connectivity index (χ0v) is 15.8. The van der Waals surface area contributed by atoms with Gasteiger partial charge in [-0.05, 0) is 42.3 Å². The Morgan fingerprint density at radius 3 is 2.58 bits per heavy atom. The zero-order chi connectivity index (χ0) is 15.2. The van der Waals surface area contributed by atoms with Crippen LogP contribution in [0, 0.1) is 0 Å². The summed E-state index contributed by atoms with van der Waals surface area (Å²) in [5, 5.41) is 1.41. The molecular weight excluding hydrogens is 380 g/mol. The van der Waals surface area contributed by atoms with Gasteiger partial charge in [0.2, 0.25) is 0 Å². The van der Waals surface area contributed by atoms with Crippen molar-refractivity contribution >= 4 is 11.8 Å². The smallest absolute Gasteiger partial charge is 0.323 e. The van der Waals surface area contributed by atoms with Gasteiger partial charge >= 0.3 is 5.16 Å². The van der Waals surface area contributed by atoms with E-state index < -0.39 is 0 Å². The molecule has 4 heteroatoms. The third-order valence-corrected chi connectivity index (χ3v) is 6.06. The first kappa shape index (κ1) is 16.0. The molecule has 3 aromatic rings. The molecule has 0 atom stereocenters. The molecule has 0 spiro atoms. The lowest BCUT2D eigenvalue weighted by atomic mass is 9.92. The van der Waals surface area contributed by atoms with E-state index in [9.17, 15) is 0 Å². The highest BCUT2D eigenvalue weighted by molar-refractivity contribution is 7.99. The fraction of sp³-hybridized carbons (Fsp3) is 0.250. The standard InChI is InChI=1S/C20H19N2S.BrH/c1-2-8-16(9-3-1)22-18-12-11-15-7-4-5-10-17(15)19(18)21-13-6-14-23-20(21)22;/h1-5,7-10H,6,11-14H2;1H/q+1;/p-1. The van der Waals surface area contributed by atoms with Gasteiger partial charge in [-0.25, -0.2) is 4.57 Å². The number of rotatable bonds is 1. The predicted octanol–water partition coefficient (Wildman–Crippen LogP) is 1.03. The molecular formula is C20H19BrN2S. The first-order valence-electron chi connectivity index (χ1n) is 8.37. The molecule has 0 saturated heterocycles. The van der Waals surface area contributed by atoms with Crippen molar-refractivity contribution in [3.8, 4) is 16.9 Å². The highest BCUT2D eigenvalue weighted by Crippen LogP contribution is 2.37. The minimum atomic E-state index is 0. The number of imidazole rings is 1. The molecule has 1 aliphatic carbocycles. The average molecular weight is 399 g/mol. The molecule has 0 amide bonds. The molecule has 5 rings (SSSR count). The number of aryl methyl sites for hydroxylation is 1. The Kier molecular flexibility index (Phi) is 4.27. The summed E-state index contributed by atoms with van der Waals surface area (Å²) < 4.78 is 5.07. The molecule has 2 aromatic carbocycles. The molecule has 0 fully saturated rings. The van der Waals surface area contributed by atoms with Crippen molar-refractivity contribution in [2.45, 2.75) is 31.0 Å². The van der Waals surface area contributed by atoms with Crippen LogP contribution in [0.15, 0.2) is 59.8 Å². The van der Waals surface area contributed by atoms with E-state index in [4.69, 9.17) is 0 Å². The second-order valence-corrected chi connectivity index (χ2v) is 7.32. The largest absolute Gasteiger partial charge is 1.00 e. The minimum absolute atomic E-state index is 0. The Labute approximate surface area is 157 Å². The molecule has 24 heavy (non-hydrogen) atoms. The second kappa shape index (κ2) is 6.41. The Morgan fingerprint density at radius 2 is 1.71 bits per heavy atom. The number of benzene rings is 2. The molecule has 0 unspecified atom stereocenters. The Morgan fingerprint density at radius 1 is 0.917 bits per heavy atom. The number of nitrogens with zero attached hydrogens (tertiary/aromatic N) is 2. The lowest BCUT2D eigenvalue weighted by Crippen LogP contribution is -3.00. The van der Waals surface area contributed by atoms with Crippen LogP contribution in [0.5, 0.6) is 0 Å². The van der Waals surface area contributed by atoms with Crippen LogP contribution in [-0.2, 0) is 19.4 Å². The quantitative estimate of drug-likeness (QED) is 0.556. The Hall–Kier alpha value is -1.52. The minimum Gasteiger partial charge on any atom is -1.00 e. The van der Waals surface area contributed by atoms with Crippen molar-refractivity contribution in [1.82, 2.24) is 4.57 Å². The third kappa shape index (κ3) is 2.35. The van der Waals surface area contributed by atoms with Crippen molar-refractivity contribution in [2.24, 2.45) is 0 Å². The summed E-state index contributed by atoms with van der Waals surface area (Å²) in [5.41, 5.74) is 7.17. The SMILES string of the molecule is [Br-].c1ccc(-n2c3c([n+]4c2SCCC4)-c2ccccc2CC3)cc1. The van der Waals surface area contributed by atoms with E-state index in [1.165, 1.54) is 45.5 Å². The summed E-state index contributed by atoms with van der Waals surface area (Å²) in [7, 11) is 0. The molecule has 1 aromatic heterocycles. The maximum absolute atomic E-state index is 2.56. The van der Waals surface area contributed by atoms with E-state index in [2.05, 4.69) is 63.7 Å². The number of halogens is 1. The van der Waals surface area contributed by atoms with Crippen LogP contribution in [0.1, 0.15) is 17.7 Å². The van der Waals surface area contributed by atoms with Crippen molar-refractivity contribution in [3.63, 3.8) is 0 Å². The van der Waals surface area contributed by atoms with Gasteiger partial charge < -0.3 is 17.0 Å². The van der Waals surface area contributed by atoms with E-state index in [-0.39, 0.29) is 17.0 Å². The lowest BCUT2D eigenvalue weighted by molar-refractivity contribution is -0.724. The lowest BCUT2D eigenvalue weighted by Gasteiger charge is -2.15. The second-order valence-electron chi connectivity index (χ2n) is 6.26. The van der Waals surface area contributed by atoms with Crippen LogP contribution < -0.4 is 21.5 Å². The molecule has 2 heterocycles. The summed E-state index contributed by atoms with van der Waals surface area (Å²) in [6.07, 6.45) is 3.53. The summed E-state index contributed by atoms with van der Waals surface area (Å²) >= 11 is 2.00. The molecule has 0 saturated carbocycles. The van der Waals surface area contributed by atoms with Crippen LogP contribution in [0.4, 0.5) is 0 Å². The summed E-state index contributed by atoms with van der Waals surface area (Å²) in [6, 6.07) is 19.8. The van der Waals surface area contributed by atoms with Gasteiger partial charge in [-0.1, -0.05) is 42.5 Å². The number of hydrogen-bond acceptors (Lipinski definition) is 1. The van der Waals surface area contributed by atoms with Gasteiger partial charge in [0.15, 0.2) is 11.4 Å². The van der Waals surface area contributed by atoms with Gasteiger partial charge in [0.05, 0.1) is 6.54 Å². The molecule has 0 radical (unpaired) electrons. The highest BCUT2D eigenvalue weighted by atomic mass is 79.9. The van der Waals surface area contributed by atoms with E-state index in [1.54, 1.807) is 0 Å². The average Bonchev–Trinajstić information content (AvgIpc) is 2.97. The topological polar surface area (TPSA) is 8.81 Å². The summed E-state index contributed by atoms with van der Waals surface area (Å²) in [6.45, 7) is 1.14. The van der Waals surface area contributed by atoms with E-state index in [0.717, 1.165) is 19.4 Å². The van der Waals surface area contributed by atoms with Gasteiger partial charge in [-0.15, -0.1) is 0 Å². The van der Waals surface area contributed by atoms with Crippen LogP contribution in [0.2, 0.25) is 0 Å². The number of fused-ring (bicyclic) bond motifs is 5.